The minimum absolute atomic E-state index is 0.0959. The summed E-state index contributed by atoms with van der Waals surface area (Å²) < 4.78 is 38.4. The lowest BCUT2D eigenvalue weighted by Crippen LogP contribution is -2.40. The van der Waals surface area contributed by atoms with Gasteiger partial charge in [-0.05, 0) is 54.8 Å². The number of nitrogens with one attached hydrogen (secondary N) is 1. The number of hydrogen-bond acceptors (Lipinski definition) is 12. The molecule has 15 heteroatoms. The molecule has 3 heterocycles. The summed E-state index contributed by atoms with van der Waals surface area (Å²) >= 11 is 0. The molecule has 14 nitrogen and oxygen atoms in total. The summed E-state index contributed by atoms with van der Waals surface area (Å²) in [7, 11) is -4.32. The molecule has 1 aliphatic heterocycles. The molecule has 240 valence electrons. The van der Waals surface area contributed by atoms with Gasteiger partial charge in [-0.2, -0.15) is 10.2 Å². The number of aliphatic hydroxyl groups is 2. The Labute approximate surface area is 256 Å². The zero-order valence-corrected chi connectivity index (χ0v) is 26.6. The predicted octanol–water partition coefficient (Wildman–Crippen LogP) is 2.96. The molecule has 2 aromatic heterocycles. The number of benzene rings is 1. The average molecular weight is 633 g/mol. The minimum atomic E-state index is -4.32. The Kier molecular flexibility index (Phi) is 9.84. The van der Waals surface area contributed by atoms with Crippen LogP contribution in [0.5, 0.6) is 5.75 Å². The fourth-order valence-electron chi connectivity index (χ4n) is 4.67. The van der Waals surface area contributed by atoms with E-state index in [4.69, 9.17) is 24.3 Å². The second-order valence-electron chi connectivity index (χ2n) is 12.1. The second-order valence-corrected chi connectivity index (χ2v) is 13.8. The number of esters is 1. The number of carbonyl (C=O) groups is 1. The standard InChI is InChI=1S/C29H41N6O8P/c1-17(2)14-40-27(38)18(3)34-44(39,43-20-10-8-19(9-11-20)28(4,5)6)41-15-22-24(36)25(37)29(31-7,42-22)23-13-12-21-26(30)32-16-33-35(21)23/h8-13,16-18,22,24-25,36-37H,7,14-15H2,1-6H3,(H,34,39)(H2,30,32,33)/t18-,22+,24+,25+,29-,44?/m0/s1. The number of rotatable bonds is 12. The number of aliphatic hydroxyl groups excluding tert-OH is 2. The number of carbonyl (C=O) groups excluding carboxylic acids is 1. The Morgan fingerprint density at radius 2 is 1.91 bits per heavy atom. The van der Waals surface area contributed by atoms with Crippen LogP contribution in [0.15, 0.2) is 47.7 Å². The van der Waals surface area contributed by atoms with Gasteiger partial charge in [0.15, 0.2) is 5.82 Å². The Morgan fingerprint density at radius 1 is 1.23 bits per heavy atom. The van der Waals surface area contributed by atoms with Gasteiger partial charge in [0.2, 0.25) is 5.72 Å². The van der Waals surface area contributed by atoms with E-state index in [9.17, 15) is 19.6 Å². The molecule has 1 fully saturated rings. The quantitative estimate of drug-likeness (QED) is 0.130. The molecule has 6 atom stereocenters. The molecule has 44 heavy (non-hydrogen) atoms. The van der Waals surface area contributed by atoms with Crippen molar-refractivity contribution < 1.29 is 38.1 Å². The van der Waals surface area contributed by atoms with E-state index in [1.165, 1.54) is 17.8 Å². The molecule has 1 unspecified atom stereocenters. The molecular weight excluding hydrogens is 591 g/mol. The van der Waals surface area contributed by atoms with Gasteiger partial charge in [-0.25, -0.2) is 14.1 Å². The molecule has 1 aliphatic rings. The number of nitrogens with zero attached hydrogens (tertiary/aromatic N) is 4. The van der Waals surface area contributed by atoms with E-state index in [0.29, 0.717) is 5.52 Å². The number of nitrogens with two attached hydrogens (primary N) is 1. The van der Waals surface area contributed by atoms with Crippen LogP contribution in [-0.2, 0) is 34.5 Å². The Morgan fingerprint density at radius 3 is 2.52 bits per heavy atom. The van der Waals surface area contributed by atoms with E-state index in [-0.39, 0.29) is 35.2 Å². The van der Waals surface area contributed by atoms with Crippen molar-refractivity contribution in [2.24, 2.45) is 10.9 Å². The van der Waals surface area contributed by atoms with Crippen LogP contribution in [0.3, 0.4) is 0 Å². The summed E-state index contributed by atoms with van der Waals surface area (Å²) in [6, 6.07) is 9.05. The predicted molar refractivity (Wildman–Crippen MR) is 163 cm³/mol. The van der Waals surface area contributed by atoms with Crippen LogP contribution >= 0.6 is 7.75 Å². The van der Waals surface area contributed by atoms with Crippen LogP contribution in [-0.4, -0.2) is 75.1 Å². The van der Waals surface area contributed by atoms with Gasteiger partial charge in [-0.1, -0.05) is 46.8 Å². The van der Waals surface area contributed by atoms with Crippen molar-refractivity contribution in [3.8, 4) is 5.75 Å². The van der Waals surface area contributed by atoms with Crippen LogP contribution in [0.25, 0.3) is 5.52 Å². The summed E-state index contributed by atoms with van der Waals surface area (Å²) in [5.74, 6) is -0.167. The first-order chi connectivity index (χ1) is 20.6. The molecule has 1 aromatic carbocycles. The molecule has 0 aliphatic carbocycles. The fraction of sp³-hybridized carbons (Fsp3) is 0.517. The third-order valence-electron chi connectivity index (χ3n) is 7.14. The Hall–Kier alpha value is -3.39. The highest BCUT2D eigenvalue weighted by atomic mass is 31.2. The lowest BCUT2D eigenvalue weighted by Gasteiger charge is -2.27. The molecule has 1 saturated heterocycles. The third-order valence-corrected chi connectivity index (χ3v) is 8.78. The summed E-state index contributed by atoms with van der Waals surface area (Å²) in [5.41, 5.74) is 5.61. The third kappa shape index (κ3) is 6.96. The number of hydrogen-bond donors (Lipinski definition) is 4. The number of aromatic nitrogens is 3. The second kappa shape index (κ2) is 12.9. The summed E-state index contributed by atoms with van der Waals surface area (Å²) in [6.45, 7) is 14.6. The van der Waals surface area contributed by atoms with Crippen molar-refractivity contribution in [1.29, 1.82) is 0 Å². The lowest BCUT2D eigenvalue weighted by atomic mass is 9.87. The Bertz CT molecular complexity index is 1520. The van der Waals surface area contributed by atoms with E-state index in [2.05, 4.69) is 47.7 Å². The van der Waals surface area contributed by atoms with E-state index < -0.39 is 50.4 Å². The van der Waals surface area contributed by atoms with E-state index in [0.717, 1.165) is 5.56 Å². The van der Waals surface area contributed by atoms with Crippen LogP contribution in [0.4, 0.5) is 5.82 Å². The number of ether oxygens (including phenoxy) is 2. The lowest BCUT2D eigenvalue weighted by molar-refractivity contribution is -0.146. The smallest absolute Gasteiger partial charge is 0.459 e. The van der Waals surface area contributed by atoms with Gasteiger partial charge in [0.25, 0.3) is 0 Å². The molecule has 3 aromatic rings. The van der Waals surface area contributed by atoms with Gasteiger partial charge in [0, 0.05) is 0 Å². The molecule has 0 radical (unpaired) electrons. The molecule has 0 saturated carbocycles. The number of aliphatic imine (C=N–C) groups is 1. The summed E-state index contributed by atoms with van der Waals surface area (Å²) in [4.78, 5) is 20.6. The highest BCUT2D eigenvalue weighted by Crippen LogP contribution is 2.48. The molecule has 0 spiro atoms. The maximum absolute atomic E-state index is 14.1. The van der Waals surface area contributed by atoms with Crippen molar-refractivity contribution in [2.75, 3.05) is 18.9 Å². The van der Waals surface area contributed by atoms with Crippen molar-refractivity contribution in [2.45, 2.75) is 77.0 Å². The summed E-state index contributed by atoms with van der Waals surface area (Å²) in [5, 5.41) is 28.9. The van der Waals surface area contributed by atoms with Gasteiger partial charge in [0.05, 0.1) is 13.2 Å². The topological polar surface area (TPSA) is 192 Å². The first kappa shape index (κ1) is 33.5. The monoisotopic (exact) mass is 632 g/mol. The first-order valence-corrected chi connectivity index (χ1v) is 15.7. The van der Waals surface area contributed by atoms with E-state index >= 15 is 0 Å². The summed E-state index contributed by atoms with van der Waals surface area (Å²) in [6.07, 6.45) is -3.21. The van der Waals surface area contributed by atoms with Gasteiger partial charge in [-0.15, -0.1) is 0 Å². The normalized spacial score (nSPS) is 24.2. The zero-order valence-electron chi connectivity index (χ0n) is 25.7. The van der Waals surface area contributed by atoms with E-state index in [1.54, 1.807) is 24.3 Å². The van der Waals surface area contributed by atoms with Crippen molar-refractivity contribution in [1.82, 2.24) is 19.7 Å². The van der Waals surface area contributed by atoms with Gasteiger partial charge >= 0.3 is 13.7 Å². The maximum atomic E-state index is 14.1. The first-order valence-electron chi connectivity index (χ1n) is 14.2. The highest BCUT2D eigenvalue weighted by Gasteiger charge is 2.57. The number of anilines is 1. The minimum Gasteiger partial charge on any atom is -0.464 e. The molecular formula is C29H41N6O8P. The van der Waals surface area contributed by atoms with Crippen LogP contribution in [0.2, 0.25) is 0 Å². The van der Waals surface area contributed by atoms with Crippen LogP contribution in [0, 0.1) is 5.92 Å². The molecule has 0 amide bonds. The van der Waals surface area contributed by atoms with Crippen molar-refractivity contribution in [3.63, 3.8) is 0 Å². The highest BCUT2D eigenvalue weighted by molar-refractivity contribution is 7.52. The average Bonchev–Trinajstić information content (AvgIpc) is 3.51. The van der Waals surface area contributed by atoms with E-state index in [1.807, 2.05) is 26.0 Å². The maximum Gasteiger partial charge on any atom is 0.459 e. The fourth-order valence-corrected chi connectivity index (χ4v) is 6.17. The zero-order chi connectivity index (χ0) is 32.4. The Balaban J connectivity index is 1.58. The van der Waals surface area contributed by atoms with Crippen molar-refractivity contribution >= 4 is 31.8 Å². The SMILES string of the molecule is C=N[C@@]1(c2ccc3c(N)ncnn23)O[C@H](COP(=O)(N[C@@H](C)C(=O)OCC(C)C)Oc2ccc(C(C)(C)C)cc2)[C@@H](O)[C@H]1O. The number of nitrogen functional groups attached to an aromatic ring is 1. The molecule has 4 rings (SSSR count). The molecule has 0 bridgehead atoms. The largest absolute Gasteiger partial charge is 0.464 e. The van der Waals surface area contributed by atoms with Gasteiger partial charge in [0.1, 0.15) is 47.6 Å². The molecule has 5 N–H and O–H groups in total. The van der Waals surface area contributed by atoms with Gasteiger partial charge in [-0.3, -0.25) is 14.3 Å². The van der Waals surface area contributed by atoms with Crippen LogP contribution < -0.4 is 15.3 Å². The van der Waals surface area contributed by atoms with Crippen LogP contribution in [0.1, 0.15) is 52.8 Å². The van der Waals surface area contributed by atoms with Crippen molar-refractivity contribution in [3.05, 3.63) is 54.0 Å². The van der Waals surface area contributed by atoms with Gasteiger partial charge < -0.3 is 29.9 Å². The number of fused-ring (bicyclic) bond motifs is 1.